The second-order valence-corrected chi connectivity index (χ2v) is 10.1. The van der Waals surface area contributed by atoms with Crippen LogP contribution in [0.3, 0.4) is 0 Å². The van der Waals surface area contributed by atoms with E-state index in [0.29, 0.717) is 55.1 Å². The fraction of sp³-hybridized carbons (Fsp3) is 0.370. The van der Waals surface area contributed by atoms with Crippen molar-refractivity contribution in [2.45, 2.75) is 24.2 Å². The number of pyridine rings is 1. The minimum atomic E-state index is -0.875. The van der Waals surface area contributed by atoms with Crippen LogP contribution >= 0.6 is 11.8 Å². The van der Waals surface area contributed by atoms with E-state index < -0.39 is 23.5 Å². The van der Waals surface area contributed by atoms with E-state index in [4.69, 9.17) is 4.74 Å². The predicted molar refractivity (Wildman–Crippen MR) is 135 cm³/mol. The van der Waals surface area contributed by atoms with Crippen molar-refractivity contribution in [2.24, 2.45) is 11.8 Å². The molecule has 1 N–H and O–H groups in total. The van der Waals surface area contributed by atoms with Gasteiger partial charge in [0, 0.05) is 47.3 Å². The summed E-state index contributed by atoms with van der Waals surface area (Å²) in [7, 11) is 1.57. The summed E-state index contributed by atoms with van der Waals surface area (Å²) in [6.45, 7) is 1.64. The number of methoxy groups -OCH3 is 1. The summed E-state index contributed by atoms with van der Waals surface area (Å²) >= 11 is 1.22. The average molecular weight is 515 g/mol. The van der Waals surface area contributed by atoms with Gasteiger partial charge in [-0.3, -0.25) is 14.6 Å². The van der Waals surface area contributed by atoms with Crippen LogP contribution in [-0.2, 0) is 4.79 Å². The number of carbonyl (C=O) groups is 2. The first-order valence-corrected chi connectivity index (χ1v) is 12.8. The number of Topliss-reactive ketones (excluding diaryl/α,β-unsaturated/α-hetero) is 1. The highest BCUT2D eigenvalue weighted by molar-refractivity contribution is 7.99. The van der Waals surface area contributed by atoms with Crippen LogP contribution in [0, 0.1) is 23.5 Å². The average Bonchev–Trinajstić information content (AvgIpc) is 2.88. The Morgan fingerprint density at radius 2 is 2.03 bits per heavy atom. The fourth-order valence-corrected chi connectivity index (χ4v) is 5.69. The molecular weight excluding hydrogens is 486 g/mol. The molecule has 0 saturated carbocycles. The van der Waals surface area contributed by atoms with Gasteiger partial charge in [0.05, 0.1) is 18.5 Å². The topological polar surface area (TPSA) is 79.7 Å². The molecule has 1 saturated heterocycles. The van der Waals surface area contributed by atoms with Crippen LogP contribution in [0.5, 0.6) is 5.75 Å². The molecule has 0 spiro atoms. The zero-order chi connectivity index (χ0) is 25.7. The molecule has 2 unspecified atom stereocenters. The number of benzene rings is 2. The normalized spacial score (nSPS) is 18.3. The molecule has 2 aromatic carbocycles. The molecule has 3 aromatic rings. The van der Waals surface area contributed by atoms with Crippen LogP contribution < -0.4 is 4.74 Å². The monoisotopic (exact) mass is 514 g/mol. The summed E-state index contributed by atoms with van der Waals surface area (Å²) in [5.41, 5.74) is 1.26. The van der Waals surface area contributed by atoms with Gasteiger partial charge in [-0.05, 0) is 67.8 Å². The van der Waals surface area contributed by atoms with Gasteiger partial charge in [-0.1, -0.05) is 0 Å². The summed E-state index contributed by atoms with van der Waals surface area (Å²) in [4.78, 5) is 31.7. The van der Waals surface area contributed by atoms with E-state index in [1.165, 1.54) is 17.8 Å². The predicted octanol–water partition coefficient (Wildman–Crippen LogP) is 5.30. The van der Waals surface area contributed by atoms with Gasteiger partial charge in [0.1, 0.15) is 17.4 Å². The number of carboxylic acid groups (broad SMARTS) is 1. The first-order valence-electron chi connectivity index (χ1n) is 11.8. The lowest BCUT2D eigenvalue weighted by atomic mass is 9.81. The summed E-state index contributed by atoms with van der Waals surface area (Å²) < 4.78 is 32.5. The Morgan fingerprint density at radius 1 is 1.19 bits per heavy atom. The lowest BCUT2D eigenvalue weighted by molar-refractivity contribution is -0.146. The molecule has 0 bridgehead atoms. The third kappa shape index (κ3) is 6.20. The molecule has 2 heterocycles. The number of hydrogen-bond donors (Lipinski definition) is 1. The number of aliphatic carboxylic acids is 1. The first-order chi connectivity index (χ1) is 17.4. The number of hydrogen-bond acceptors (Lipinski definition) is 6. The number of carboxylic acids is 1. The van der Waals surface area contributed by atoms with Gasteiger partial charge in [-0.2, -0.15) is 0 Å². The van der Waals surface area contributed by atoms with Gasteiger partial charge in [-0.25, -0.2) is 8.78 Å². The molecule has 2 atom stereocenters. The van der Waals surface area contributed by atoms with Gasteiger partial charge >= 0.3 is 5.97 Å². The Kier molecular flexibility index (Phi) is 8.53. The molecule has 9 heteroatoms. The Bertz CT molecular complexity index is 1260. The maximum absolute atomic E-state index is 13.8. The third-order valence-corrected chi connectivity index (χ3v) is 7.72. The number of thioether (sulfide) groups is 1. The molecule has 0 aliphatic carbocycles. The Labute approximate surface area is 212 Å². The SMILES string of the molecule is COc1ccc2nccc(C(=O)CCC3CCN(CCSc4cc(F)ccc4F)CC3C(=O)O)c2c1. The molecule has 1 aliphatic heterocycles. The molecule has 0 radical (unpaired) electrons. The van der Waals surface area contributed by atoms with E-state index in [9.17, 15) is 23.5 Å². The maximum atomic E-state index is 13.8. The van der Waals surface area contributed by atoms with Crippen molar-refractivity contribution in [3.8, 4) is 5.75 Å². The number of halogens is 2. The second kappa shape index (κ2) is 11.8. The van der Waals surface area contributed by atoms with Crippen LogP contribution in [0.25, 0.3) is 10.9 Å². The lowest BCUT2D eigenvalue weighted by Crippen LogP contribution is -2.44. The third-order valence-electron chi connectivity index (χ3n) is 6.71. The summed E-state index contributed by atoms with van der Waals surface area (Å²) in [6, 6.07) is 10.5. The summed E-state index contributed by atoms with van der Waals surface area (Å²) in [5, 5.41) is 10.6. The zero-order valence-corrected chi connectivity index (χ0v) is 20.8. The van der Waals surface area contributed by atoms with E-state index in [2.05, 4.69) is 4.98 Å². The van der Waals surface area contributed by atoms with Crippen LogP contribution in [0.1, 0.15) is 29.6 Å². The number of likely N-dealkylation sites (tertiary alicyclic amines) is 1. The van der Waals surface area contributed by atoms with Gasteiger partial charge < -0.3 is 14.7 Å². The number of fused-ring (bicyclic) bond motifs is 1. The van der Waals surface area contributed by atoms with Crippen LogP contribution in [0.15, 0.2) is 53.6 Å². The summed E-state index contributed by atoms with van der Waals surface area (Å²) in [6.07, 6.45) is 3.00. The van der Waals surface area contributed by atoms with E-state index in [-0.39, 0.29) is 23.0 Å². The van der Waals surface area contributed by atoms with Crippen molar-refractivity contribution in [1.82, 2.24) is 9.88 Å². The highest BCUT2D eigenvalue weighted by Gasteiger charge is 2.34. The minimum absolute atomic E-state index is 0.0456. The molecule has 4 rings (SSSR count). The first kappa shape index (κ1) is 26.0. The molecule has 0 amide bonds. The molecule has 190 valence electrons. The van der Waals surface area contributed by atoms with Gasteiger partial charge in [0.25, 0.3) is 0 Å². The standard InChI is InChI=1S/C27H28F2N2O4S/c1-35-19-4-6-24-21(15-19)20(8-10-30-24)25(32)7-2-17-9-11-31(16-22(17)27(33)34)12-13-36-26-14-18(28)3-5-23(26)29/h3-6,8,10,14-15,17,22H,2,7,9,11-13,16H2,1H3,(H,33,34). The Morgan fingerprint density at radius 3 is 2.81 bits per heavy atom. The molecule has 1 aromatic heterocycles. The number of piperidine rings is 1. The van der Waals surface area contributed by atoms with E-state index in [1.54, 1.807) is 31.5 Å². The highest BCUT2D eigenvalue weighted by Crippen LogP contribution is 2.31. The van der Waals surface area contributed by atoms with E-state index >= 15 is 0 Å². The van der Waals surface area contributed by atoms with Crippen molar-refractivity contribution in [1.29, 1.82) is 0 Å². The molecule has 1 aliphatic rings. The number of aromatic nitrogens is 1. The van der Waals surface area contributed by atoms with Crippen LogP contribution in [-0.4, -0.2) is 59.2 Å². The van der Waals surface area contributed by atoms with Crippen LogP contribution in [0.4, 0.5) is 8.78 Å². The van der Waals surface area contributed by atoms with Crippen LogP contribution in [0.2, 0.25) is 0 Å². The Hall–Kier alpha value is -3.04. The number of ether oxygens (including phenoxy) is 1. The number of ketones is 1. The fourth-order valence-electron chi connectivity index (χ4n) is 4.72. The molecule has 36 heavy (non-hydrogen) atoms. The zero-order valence-electron chi connectivity index (χ0n) is 20.0. The van der Waals surface area contributed by atoms with Gasteiger partial charge in [0.2, 0.25) is 0 Å². The molecule has 6 nitrogen and oxygen atoms in total. The van der Waals surface area contributed by atoms with Crippen molar-refractivity contribution in [3.63, 3.8) is 0 Å². The van der Waals surface area contributed by atoms with Crippen molar-refractivity contribution >= 4 is 34.4 Å². The summed E-state index contributed by atoms with van der Waals surface area (Å²) in [5.74, 6) is -1.41. The van der Waals surface area contributed by atoms with Gasteiger partial charge in [-0.15, -0.1) is 11.8 Å². The highest BCUT2D eigenvalue weighted by atomic mass is 32.2. The Balaban J connectivity index is 1.34. The number of nitrogens with zero attached hydrogens (tertiary/aromatic N) is 2. The van der Waals surface area contributed by atoms with Crippen molar-refractivity contribution in [2.75, 3.05) is 32.5 Å². The largest absolute Gasteiger partial charge is 0.497 e. The van der Waals surface area contributed by atoms with Crippen molar-refractivity contribution in [3.05, 3.63) is 65.9 Å². The number of carbonyl (C=O) groups excluding carboxylic acids is 1. The quantitative estimate of drug-likeness (QED) is 0.291. The molecular formula is C27H28F2N2O4S. The van der Waals surface area contributed by atoms with Gasteiger partial charge in [0.15, 0.2) is 5.78 Å². The minimum Gasteiger partial charge on any atom is -0.497 e. The van der Waals surface area contributed by atoms with E-state index in [1.807, 2.05) is 11.0 Å². The number of rotatable bonds is 10. The maximum Gasteiger partial charge on any atom is 0.308 e. The molecule has 1 fully saturated rings. The van der Waals surface area contributed by atoms with E-state index in [0.717, 1.165) is 17.5 Å². The van der Waals surface area contributed by atoms with Crippen molar-refractivity contribution < 1.29 is 28.2 Å². The lowest BCUT2D eigenvalue weighted by Gasteiger charge is -2.36. The smallest absolute Gasteiger partial charge is 0.308 e. The second-order valence-electron chi connectivity index (χ2n) is 8.92.